The highest BCUT2D eigenvalue weighted by atomic mass is 32.2. The van der Waals surface area contributed by atoms with Gasteiger partial charge in [0.2, 0.25) is 10.0 Å². The van der Waals surface area contributed by atoms with Crippen LogP contribution in [-0.2, 0) is 16.4 Å². The molecule has 1 amide bonds. The van der Waals surface area contributed by atoms with Gasteiger partial charge < -0.3 is 10.1 Å². The van der Waals surface area contributed by atoms with E-state index in [0.29, 0.717) is 17.7 Å². The summed E-state index contributed by atoms with van der Waals surface area (Å²) < 4.78 is 46.3. The van der Waals surface area contributed by atoms with E-state index in [1.165, 1.54) is 29.0 Å². The van der Waals surface area contributed by atoms with E-state index in [9.17, 15) is 17.6 Å². The number of para-hydroxylation sites is 1. The SMILES string of the molecule is C=C1NC(=O)SC1[C@@H]1CCc2cc(OC3CCN(S(C)(=O)=O)c4c(F)cccc43)ccc21. The topological polar surface area (TPSA) is 75.7 Å². The van der Waals surface area contributed by atoms with Crippen molar-refractivity contribution in [2.24, 2.45) is 0 Å². The molecule has 0 radical (unpaired) electrons. The Morgan fingerprint density at radius 1 is 1.22 bits per heavy atom. The number of nitrogens with one attached hydrogen (secondary N) is 1. The third kappa shape index (κ3) is 3.67. The number of ether oxygens (including phenoxy) is 1. The predicted molar refractivity (Wildman–Crippen MR) is 123 cm³/mol. The van der Waals surface area contributed by atoms with Crippen molar-refractivity contribution in [1.29, 1.82) is 0 Å². The van der Waals surface area contributed by atoms with E-state index in [4.69, 9.17) is 4.74 Å². The van der Waals surface area contributed by atoms with Crippen LogP contribution in [-0.4, -0.2) is 31.7 Å². The van der Waals surface area contributed by atoms with E-state index in [0.717, 1.165) is 29.1 Å². The average Bonchev–Trinajstić information content (AvgIpc) is 3.29. The van der Waals surface area contributed by atoms with Crippen molar-refractivity contribution in [3.05, 3.63) is 71.2 Å². The fourth-order valence-electron chi connectivity index (χ4n) is 4.93. The molecule has 0 bridgehead atoms. The maximum Gasteiger partial charge on any atom is 0.283 e. The maximum absolute atomic E-state index is 14.6. The molecular formula is C23H23FN2O4S2. The number of halogens is 1. The van der Waals surface area contributed by atoms with Crippen LogP contribution in [0.3, 0.4) is 0 Å². The molecule has 0 spiro atoms. The fraction of sp³-hybridized carbons (Fsp3) is 0.348. The van der Waals surface area contributed by atoms with Crippen molar-refractivity contribution >= 4 is 32.7 Å². The summed E-state index contributed by atoms with van der Waals surface area (Å²) in [5, 5.41) is 2.77. The number of anilines is 1. The lowest BCUT2D eigenvalue weighted by atomic mass is 9.95. The first kappa shape index (κ1) is 21.3. The second-order valence-electron chi connectivity index (χ2n) is 8.39. The van der Waals surface area contributed by atoms with Crippen molar-refractivity contribution in [3.63, 3.8) is 0 Å². The predicted octanol–water partition coefficient (Wildman–Crippen LogP) is 4.48. The zero-order chi connectivity index (χ0) is 22.6. The largest absolute Gasteiger partial charge is 0.486 e. The number of benzene rings is 2. The van der Waals surface area contributed by atoms with Crippen molar-refractivity contribution in [2.45, 2.75) is 36.5 Å². The molecule has 2 unspecified atom stereocenters. The number of thioether (sulfide) groups is 1. The zero-order valence-electron chi connectivity index (χ0n) is 17.5. The van der Waals surface area contributed by atoms with Gasteiger partial charge in [-0.1, -0.05) is 36.5 Å². The number of rotatable bonds is 4. The Bertz CT molecular complexity index is 1230. The zero-order valence-corrected chi connectivity index (χ0v) is 19.1. The number of amides is 1. The van der Waals surface area contributed by atoms with Crippen LogP contribution in [0, 0.1) is 5.82 Å². The lowest BCUT2D eigenvalue weighted by molar-refractivity contribution is 0.193. The minimum atomic E-state index is -3.59. The van der Waals surface area contributed by atoms with E-state index in [-0.39, 0.29) is 28.6 Å². The third-order valence-corrected chi connectivity index (χ3v) is 8.68. The minimum Gasteiger partial charge on any atom is -0.486 e. The summed E-state index contributed by atoms with van der Waals surface area (Å²) in [5.74, 6) is 0.323. The highest BCUT2D eigenvalue weighted by molar-refractivity contribution is 8.14. The van der Waals surface area contributed by atoms with Crippen LogP contribution >= 0.6 is 11.8 Å². The summed E-state index contributed by atoms with van der Waals surface area (Å²) in [4.78, 5) is 11.7. The first-order chi connectivity index (χ1) is 15.2. The standard InChI is InChI=1S/C23H23FN2O4S2/c1-13-22(31-23(27)25-13)17-8-6-14-12-15(7-9-16(14)17)30-20-10-11-26(32(2,28)29)21-18(20)4-3-5-19(21)24/h3-5,7,9,12,17,20,22H,1,6,8,10-11H2,2H3,(H,25,27)/t17-,20?,22?/m1/s1. The summed E-state index contributed by atoms with van der Waals surface area (Å²) in [6, 6.07) is 10.5. The van der Waals surface area contributed by atoms with Crippen LogP contribution in [0.4, 0.5) is 14.9 Å². The molecule has 2 heterocycles. The molecule has 9 heteroatoms. The van der Waals surface area contributed by atoms with Crippen LogP contribution < -0.4 is 14.4 Å². The second-order valence-corrected chi connectivity index (χ2v) is 11.4. The molecule has 0 saturated carbocycles. The van der Waals surface area contributed by atoms with Gasteiger partial charge >= 0.3 is 0 Å². The van der Waals surface area contributed by atoms with Crippen molar-refractivity contribution < 1.29 is 22.3 Å². The Balaban J connectivity index is 1.41. The van der Waals surface area contributed by atoms with Crippen LogP contribution in [0.2, 0.25) is 0 Å². The molecule has 3 atom stereocenters. The van der Waals surface area contributed by atoms with Gasteiger partial charge in [-0.25, -0.2) is 12.8 Å². The molecule has 1 saturated heterocycles. The van der Waals surface area contributed by atoms with E-state index in [1.54, 1.807) is 12.1 Å². The minimum absolute atomic E-state index is 0.0330. The number of fused-ring (bicyclic) bond motifs is 2. The molecule has 32 heavy (non-hydrogen) atoms. The number of carbonyl (C=O) groups is 1. The van der Waals surface area contributed by atoms with Gasteiger partial charge in [0.1, 0.15) is 17.7 Å². The summed E-state index contributed by atoms with van der Waals surface area (Å²) in [6.07, 6.45) is 2.89. The molecule has 0 aromatic heterocycles. The van der Waals surface area contributed by atoms with Gasteiger partial charge in [-0.3, -0.25) is 9.10 Å². The summed E-state index contributed by atoms with van der Waals surface area (Å²) in [6.45, 7) is 4.15. The summed E-state index contributed by atoms with van der Waals surface area (Å²) in [5.41, 5.74) is 3.73. The van der Waals surface area contributed by atoms with Gasteiger partial charge in [0.05, 0.1) is 17.2 Å². The smallest absolute Gasteiger partial charge is 0.283 e. The molecule has 1 fully saturated rings. The second kappa shape index (κ2) is 7.81. The van der Waals surface area contributed by atoms with Crippen LogP contribution in [0.25, 0.3) is 0 Å². The molecule has 2 aromatic carbocycles. The van der Waals surface area contributed by atoms with E-state index >= 15 is 0 Å². The van der Waals surface area contributed by atoms with Crippen molar-refractivity contribution in [2.75, 3.05) is 17.1 Å². The van der Waals surface area contributed by atoms with Gasteiger partial charge in [0.15, 0.2) is 0 Å². The van der Waals surface area contributed by atoms with Gasteiger partial charge in [-0.15, -0.1) is 0 Å². The van der Waals surface area contributed by atoms with Crippen LogP contribution in [0.5, 0.6) is 5.75 Å². The van der Waals surface area contributed by atoms with Gasteiger partial charge in [0.25, 0.3) is 5.24 Å². The summed E-state index contributed by atoms with van der Waals surface area (Å²) >= 11 is 1.29. The van der Waals surface area contributed by atoms with Gasteiger partial charge in [-0.05, 0) is 42.2 Å². The Labute approximate surface area is 190 Å². The molecule has 3 aliphatic rings. The van der Waals surface area contributed by atoms with Crippen LogP contribution in [0.15, 0.2) is 48.7 Å². The monoisotopic (exact) mass is 474 g/mol. The molecule has 1 aliphatic carbocycles. The Kier molecular flexibility index (Phi) is 5.21. The number of hydrogen-bond acceptors (Lipinski definition) is 5. The van der Waals surface area contributed by atoms with Crippen molar-refractivity contribution in [3.8, 4) is 5.75 Å². The normalized spacial score (nSPS) is 24.8. The first-order valence-electron chi connectivity index (χ1n) is 10.4. The number of nitrogens with zero attached hydrogens (tertiary/aromatic N) is 1. The molecule has 2 aliphatic heterocycles. The number of sulfonamides is 1. The van der Waals surface area contributed by atoms with E-state index in [1.807, 2.05) is 18.2 Å². The molecular weight excluding hydrogens is 451 g/mol. The Morgan fingerprint density at radius 3 is 2.75 bits per heavy atom. The molecule has 168 valence electrons. The highest BCUT2D eigenvalue weighted by Gasteiger charge is 2.38. The fourth-order valence-corrected chi connectivity index (χ4v) is 6.96. The lowest BCUT2D eigenvalue weighted by Crippen LogP contribution is -2.37. The first-order valence-corrected chi connectivity index (χ1v) is 13.2. The average molecular weight is 475 g/mol. The number of aryl methyl sites for hydroxylation is 1. The molecule has 6 nitrogen and oxygen atoms in total. The summed E-state index contributed by atoms with van der Waals surface area (Å²) in [7, 11) is -3.59. The molecule has 2 aromatic rings. The third-order valence-electron chi connectivity index (χ3n) is 6.33. The van der Waals surface area contributed by atoms with E-state index < -0.39 is 21.9 Å². The molecule has 5 rings (SSSR count). The van der Waals surface area contributed by atoms with Gasteiger partial charge in [0, 0.05) is 30.1 Å². The maximum atomic E-state index is 14.6. The van der Waals surface area contributed by atoms with Crippen molar-refractivity contribution in [1.82, 2.24) is 5.32 Å². The quantitative estimate of drug-likeness (QED) is 0.707. The molecule has 1 N–H and O–H groups in total. The van der Waals surface area contributed by atoms with E-state index in [2.05, 4.69) is 11.9 Å². The van der Waals surface area contributed by atoms with Gasteiger partial charge in [-0.2, -0.15) is 0 Å². The Hall–Kier alpha value is -2.52. The number of carbonyl (C=O) groups excluding carboxylic acids is 1. The highest BCUT2D eigenvalue weighted by Crippen LogP contribution is 2.46. The van der Waals surface area contributed by atoms with Crippen LogP contribution in [0.1, 0.15) is 41.6 Å². The Morgan fingerprint density at radius 2 is 2.03 bits per heavy atom. The number of hydrogen-bond donors (Lipinski definition) is 1. The lowest BCUT2D eigenvalue weighted by Gasteiger charge is -2.34.